The zero-order valence-corrected chi connectivity index (χ0v) is 19.4. The fourth-order valence-electron chi connectivity index (χ4n) is 3.18. The second-order valence-electron chi connectivity index (χ2n) is 7.64. The lowest BCUT2D eigenvalue weighted by Gasteiger charge is -2.30. The van der Waals surface area contributed by atoms with Gasteiger partial charge in [-0.3, -0.25) is 14.3 Å². The Hall–Kier alpha value is -3.44. The molecule has 2 aromatic heterocycles. The molecule has 0 radical (unpaired) electrons. The first-order valence-corrected chi connectivity index (χ1v) is 11.3. The van der Waals surface area contributed by atoms with Crippen molar-refractivity contribution in [2.45, 2.75) is 19.4 Å². The monoisotopic (exact) mass is 471 g/mol. The standard InChI is InChI=1S/C22H25N5O5S/c1-14(13-30-3)31-16-9-15(20(28)24-19-5-8-26(2)25-19)10-17(11-16)32-22-23-12-18(33-22)21(29)27-6-4-7-27/h5,8-12,14H,4,6-7,13H2,1-3H3,(H,24,25,28)/t14-/m0/s1. The molecule has 174 valence electrons. The van der Waals surface area contributed by atoms with Crippen molar-refractivity contribution >= 4 is 29.0 Å². The van der Waals surface area contributed by atoms with E-state index in [2.05, 4.69) is 15.4 Å². The molecule has 0 aliphatic carbocycles. The number of methoxy groups -OCH3 is 1. The Morgan fingerprint density at radius 3 is 2.70 bits per heavy atom. The highest BCUT2D eigenvalue weighted by molar-refractivity contribution is 7.15. The van der Waals surface area contributed by atoms with Crippen molar-refractivity contribution in [1.29, 1.82) is 0 Å². The molecule has 1 atom stereocenters. The number of carbonyl (C=O) groups is 2. The molecule has 2 amide bonds. The molecule has 1 aromatic carbocycles. The number of ether oxygens (including phenoxy) is 3. The second-order valence-corrected chi connectivity index (χ2v) is 8.64. The topological polar surface area (TPSA) is 108 Å². The SMILES string of the molecule is COC[C@H](C)Oc1cc(Oc2ncc(C(=O)N3CCC3)s2)cc(C(=O)Nc2ccn(C)n2)c1. The molecular weight excluding hydrogens is 446 g/mol. The number of rotatable bonds is 9. The minimum absolute atomic E-state index is 0.0468. The number of benzene rings is 1. The maximum atomic E-state index is 12.8. The van der Waals surface area contributed by atoms with Crippen LogP contribution in [0.1, 0.15) is 33.4 Å². The molecule has 1 saturated heterocycles. The summed E-state index contributed by atoms with van der Waals surface area (Å²) < 4.78 is 18.5. The first-order valence-electron chi connectivity index (χ1n) is 10.5. The first-order chi connectivity index (χ1) is 15.9. The number of likely N-dealkylation sites (tertiary alicyclic amines) is 1. The predicted molar refractivity (Wildman–Crippen MR) is 122 cm³/mol. The average Bonchev–Trinajstić information content (AvgIpc) is 3.35. The van der Waals surface area contributed by atoms with Crippen molar-refractivity contribution in [2.24, 2.45) is 7.05 Å². The van der Waals surface area contributed by atoms with E-state index >= 15 is 0 Å². The van der Waals surface area contributed by atoms with Crippen molar-refractivity contribution < 1.29 is 23.8 Å². The van der Waals surface area contributed by atoms with Crippen molar-refractivity contribution in [3.05, 3.63) is 47.1 Å². The van der Waals surface area contributed by atoms with Gasteiger partial charge in [-0.25, -0.2) is 4.98 Å². The van der Waals surface area contributed by atoms with Crippen LogP contribution < -0.4 is 14.8 Å². The van der Waals surface area contributed by atoms with Crippen molar-refractivity contribution in [1.82, 2.24) is 19.7 Å². The molecule has 0 unspecified atom stereocenters. The van der Waals surface area contributed by atoms with Gasteiger partial charge in [0, 0.05) is 51.1 Å². The fraction of sp³-hybridized carbons (Fsp3) is 0.364. The van der Waals surface area contributed by atoms with Gasteiger partial charge in [0.05, 0.1) is 12.8 Å². The Balaban J connectivity index is 1.55. The summed E-state index contributed by atoms with van der Waals surface area (Å²) in [6.07, 6.45) is 4.03. The summed E-state index contributed by atoms with van der Waals surface area (Å²) in [4.78, 5) is 31.7. The van der Waals surface area contributed by atoms with Crippen LogP contribution in [0.3, 0.4) is 0 Å². The Morgan fingerprint density at radius 1 is 1.24 bits per heavy atom. The zero-order valence-electron chi connectivity index (χ0n) is 18.6. The third kappa shape index (κ3) is 5.68. The van der Waals surface area contributed by atoms with Gasteiger partial charge in [-0.15, -0.1) is 0 Å². The lowest BCUT2D eigenvalue weighted by atomic mass is 10.2. The average molecular weight is 472 g/mol. The number of carbonyl (C=O) groups excluding carboxylic acids is 2. The molecule has 0 saturated carbocycles. The highest BCUT2D eigenvalue weighted by Crippen LogP contribution is 2.32. The summed E-state index contributed by atoms with van der Waals surface area (Å²) >= 11 is 1.16. The van der Waals surface area contributed by atoms with E-state index in [1.807, 2.05) is 6.92 Å². The van der Waals surface area contributed by atoms with E-state index < -0.39 is 0 Å². The van der Waals surface area contributed by atoms with Gasteiger partial charge in [0.2, 0.25) is 0 Å². The van der Waals surface area contributed by atoms with E-state index in [4.69, 9.17) is 14.2 Å². The number of anilines is 1. The zero-order chi connectivity index (χ0) is 23.4. The van der Waals surface area contributed by atoms with Gasteiger partial charge in [0.1, 0.15) is 22.5 Å². The van der Waals surface area contributed by atoms with Gasteiger partial charge in [0.15, 0.2) is 5.82 Å². The number of amides is 2. The highest BCUT2D eigenvalue weighted by Gasteiger charge is 2.24. The van der Waals surface area contributed by atoms with Crippen molar-refractivity contribution in [3.63, 3.8) is 0 Å². The third-order valence-electron chi connectivity index (χ3n) is 4.88. The molecular formula is C22H25N5O5S. The van der Waals surface area contributed by atoms with Crippen LogP contribution in [0.4, 0.5) is 5.82 Å². The second kappa shape index (κ2) is 10.0. The summed E-state index contributed by atoms with van der Waals surface area (Å²) in [7, 11) is 3.36. The van der Waals surface area contributed by atoms with Gasteiger partial charge < -0.3 is 24.4 Å². The van der Waals surface area contributed by atoms with E-state index in [1.54, 1.807) is 54.2 Å². The van der Waals surface area contributed by atoms with Crippen LogP contribution in [0.25, 0.3) is 0 Å². The molecule has 3 aromatic rings. The summed E-state index contributed by atoms with van der Waals surface area (Å²) in [5, 5.41) is 7.22. The molecule has 0 bridgehead atoms. The Labute approximate surface area is 195 Å². The Kier molecular flexibility index (Phi) is 6.90. The molecule has 1 aliphatic heterocycles. The number of nitrogens with one attached hydrogen (secondary N) is 1. The van der Waals surface area contributed by atoms with E-state index in [9.17, 15) is 9.59 Å². The van der Waals surface area contributed by atoms with Crippen LogP contribution in [0.15, 0.2) is 36.7 Å². The normalized spacial score (nSPS) is 13.8. The number of aromatic nitrogens is 3. The minimum atomic E-state index is -0.365. The maximum absolute atomic E-state index is 12.8. The van der Waals surface area contributed by atoms with Crippen LogP contribution in [0.5, 0.6) is 16.7 Å². The molecule has 3 heterocycles. The summed E-state index contributed by atoms with van der Waals surface area (Å²) in [5.41, 5.74) is 0.325. The molecule has 1 fully saturated rings. The number of hydrogen-bond acceptors (Lipinski definition) is 8. The summed E-state index contributed by atoms with van der Waals surface area (Å²) in [5.74, 6) is 0.820. The lowest BCUT2D eigenvalue weighted by Crippen LogP contribution is -2.41. The summed E-state index contributed by atoms with van der Waals surface area (Å²) in [6.45, 7) is 3.77. The Bertz CT molecular complexity index is 1140. The van der Waals surface area contributed by atoms with E-state index in [1.165, 1.54) is 6.20 Å². The van der Waals surface area contributed by atoms with Gasteiger partial charge in [-0.05, 0) is 25.5 Å². The lowest BCUT2D eigenvalue weighted by molar-refractivity contribution is 0.0656. The minimum Gasteiger partial charge on any atom is -0.488 e. The fourth-order valence-corrected chi connectivity index (χ4v) is 3.93. The summed E-state index contributed by atoms with van der Waals surface area (Å²) in [6, 6.07) is 6.58. The number of aryl methyl sites for hydroxylation is 1. The maximum Gasteiger partial charge on any atom is 0.279 e. The number of nitrogens with zero attached hydrogens (tertiary/aromatic N) is 4. The molecule has 0 spiro atoms. The number of thiazole rings is 1. The smallest absolute Gasteiger partial charge is 0.279 e. The third-order valence-corrected chi connectivity index (χ3v) is 5.74. The molecule has 10 nitrogen and oxygen atoms in total. The predicted octanol–water partition coefficient (Wildman–Crippen LogP) is 3.18. The quantitative estimate of drug-likeness (QED) is 0.511. The number of hydrogen-bond donors (Lipinski definition) is 1. The van der Waals surface area contributed by atoms with E-state index in [0.29, 0.717) is 39.6 Å². The van der Waals surface area contributed by atoms with Crippen LogP contribution in [-0.4, -0.2) is 64.4 Å². The largest absolute Gasteiger partial charge is 0.488 e. The van der Waals surface area contributed by atoms with Gasteiger partial charge in [0.25, 0.3) is 17.0 Å². The van der Waals surface area contributed by atoms with Crippen LogP contribution in [-0.2, 0) is 11.8 Å². The Morgan fingerprint density at radius 2 is 2.03 bits per heavy atom. The van der Waals surface area contributed by atoms with Gasteiger partial charge in [-0.1, -0.05) is 11.3 Å². The molecule has 11 heteroatoms. The molecule has 1 aliphatic rings. The van der Waals surface area contributed by atoms with Crippen LogP contribution >= 0.6 is 11.3 Å². The molecule has 1 N–H and O–H groups in total. The van der Waals surface area contributed by atoms with Gasteiger partial charge >= 0.3 is 0 Å². The first kappa shape index (κ1) is 22.7. The van der Waals surface area contributed by atoms with Gasteiger partial charge in [-0.2, -0.15) is 5.10 Å². The molecule has 4 rings (SSSR count). The highest BCUT2D eigenvalue weighted by atomic mass is 32.1. The van der Waals surface area contributed by atoms with Crippen molar-refractivity contribution in [2.75, 3.05) is 32.1 Å². The van der Waals surface area contributed by atoms with Crippen molar-refractivity contribution in [3.8, 4) is 16.7 Å². The van der Waals surface area contributed by atoms with Crippen LogP contribution in [0.2, 0.25) is 0 Å². The molecule has 33 heavy (non-hydrogen) atoms. The van der Waals surface area contributed by atoms with E-state index in [-0.39, 0.29) is 17.9 Å². The van der Waals surface area contributed by atoms with E-state index in [0.717, 1.165) is 30.8 Å². The van der Waals surface area contributed by atoms with Crippen LogP contribution in [0, 0.1) is 0 Å².